The van der Waals surface area contributed by atoms with Crippen LogP contribution in [-0.4, -0.2) is 86.6 Å². The number of carbonyl (C=O) groups excluding carboxylic acids is 5. The molecular weight excluding hydrogens is 1810 g/mol. The van der Waals surface area contributed by atoms with Crippen LogP contribution in [0, 0.1) is 34.6 Å². The zero-order valence-corrected chi connectivity index (χ0v) is 82.2. The molecule has 0 N–H and O–H groups in total. The van der Waals surface area contributed by atoms with Crippen molar-refractivity contribution in [3.8, 4) is 46.0 Å². The molecule has 25 heteroatoms. The normalized spacial score (nSPS) is 11.0. The molecule has 0 aliphatic heterocycles. The summed E-state index contributed by atoms with van der Waals surface area (Å²) in [6, 6.07) is 54.3. The first-order valence-corrected chi connectivity index (χ1v) is 45.2. The van der Waals surface area contributed by atoms with E-state index >= 15 is 0 Å². The summed E-state index contributed by atoms with van der Waals surface area (Å²) in [7, 11) is 4.56. The van der Waals surface area contributed by atoms with Gasteiger partial charge in [-0.05, 0) is 302 Å². The topological polar surface area (TPSA) is 336 Å². The third-order valence-electron chi connectivity index (χ3n) is 21.3. The zero-order chi connectivity index (χ0) is 103. The van der Waals surface area contributed by atoms with Gasteiger partial charge in [0.15, 0.2) is 68.3 Å². The van der Waals surface area contributed by atoms with E-state index in [1.54, 1.807) is 161 Å². The minimum atomic E-state index is -0.533. The van der Waals surface area contributed by atoms with Crippen LogP contribution in [0.5, 0.6) is 46.0 Å². The molecule has 7 heterocycles. The SMILES string of the molecule is C=C(C)COc1ccc2c(C)cc(=O)oc2c1C(=O)/C=C/c1ccccc1.C=C(C)COc1ccc2c(C)cc(=O)oc2c1C(=O)/C=C/c1cccnc1.CC(C)=CCOc1ccc2c(C)cc(=O)oc2c1C(=O)/C=C/c1ccccc1.CC(C)=COc1ccc2c(C)cc(=O)oc2c1C(=O)C=Cc1cccnc1.COc1cc(/C=C/C(=O)c2c(OCC=C(C)C)ccc3c(C)cc(=O)oc23)cc(OC)c1OC. The van der Waals surface area contributed by atoms with Crippen molar-refractivity contribution in [3.05, 3.63) is 438 Å². The van der Waals surface area contributed by atoms with Crippen LogP contribution in [0.3, 0.4) is 0 Å². The van der Waals surface area contributed by atoms with Gasteiger partial charge in [-0.15, -0.1) is 0 Å². The lowest BCUT2D eigenvalue weighted by Crippen LogP contribution is -2.07. The van der Waals surface area contributed by atoms with Crippen LogP contribution >= 0.6 is 0 Å². The van der Waals surface area contributed by atoms with Crippen LogP contribution in [0.2, 0.25) is 0 Å². The maximum atomic E-state index is 13.4. The Labute approximate surface area is 825 Å². The molecule has 15 rings (SSSR count). The van der Waals surface area contributed by atoms with E-state index in [0.717, 1.165) is 72.4 Å². The number of carbonyl (C=O) groups is 5. The molecule has 7 aromatic heterocycles. The lowest BCUT2D eigenvalue weighted by atomic mass is 10.0. The number of aryl methyl sites for hydroxylation is 5. The predicted octanol–water partition coefficient (Wildman–Crippen LogP) is 24.7. The van der Waals surface area contributed by atoms with E-state index in [4.69, 9.17) is 60.0 Å². The Morgan fingerprint density at radius 2 is 0.580 bits per heavy atom. The Morgan fingerprint density at radius 3 is 0.846 bits per heavy atom. The molecule has 0 saturated heterocycles. The van der Waals surface area contributed by atoms with Crippen molar-refractivity contribution in [2.75, 3.05) is 47.8 Å². The maximum Gasteiger partial charge on any atom is 0.336 e. The summed E-state index contributed by atoms with van der Waals surface area (Å²) in [6.45, 7) is 33.1. The quantitative estimate of drug-likeness (QED) is 0.0124. The average molecular weight is 1920 g/mol. The van der Waals surface area contributed by atoms with Crippen LogP contribution < -0.4 is 66.0 Å². The molecule has 728 valence electrons. The fourth-order valence-corrected chi connectivity index (χ4v) is 14.3. The molecule has 15 aromatic rings. The first kappa shape index (κ1) is 106. The third kappa shape index (κ3) is 29.0. The Morgan fingerprint density at radius 1 is 0.308 bits per heavy atom. The number of pyridine rings is 2. The predicted molar refractivity (Wildman–Crippen MR) is 561 cm³/mol. The van der Waals surface area contributed by atoms with E-state index in [1.807, 2.05) is 160 Å². The van der Waals surface area contributed by atoms with Gasteiger partial charge in [-0.25, -0.2) is 24.0 Å². The molecule has 0 amide bonds. The molecule has 0 fully saturated rings. The van der Waals surface area contributed by atoms with Crippen molar-refractivity contribution < 1.29 is 84.0 Å². The summed E-state index contributed by atoms with van der Waals surface area (Å²) < 4.78 is 71.9. The third-order valence-corrected chi connectivity index (χ3v) is 21.3. The van der Waals surface area contributed by atoms with Gasteiger partial charge in [0, 0.05) is 82.1 Å². The van der Waals surface area contributed by atoms with E-state index in [9.17, 15) is 47.9 Å². The number of fused-ring (bicyclic) bond motifs is 5. The second-order valence-corrected chi connectivity index (χ2v) is 33.6. The summed E-state index contributed by atoms with van der Waals surface area (Å²) in [5.41, 5.74) is 12.2. The number of ketones is 5. The summed E-state index contributed by atoms with van der Waals surface area (Å²) in [5, 5.41) is 3.46. The lowest BCUT2D eigenvalue weighted by Gasteiger charge is -2.13. The molecule has 0 spiro atoms. The van der Waals surface area contributed by atoms with Gasteiger partial charge >= 0.3 is 28.1 Å². The van der Waals surface area contributed by atoms with Crippen molar-refractivity contribution in [1.82, 2.24) is 9.97 Å². The van der Waals surface area contributed by atoms with Crippen LogP contribution in [0.1, 0.15) is 163 Å². The van der Waals surface area contributed by atoms with Gasteiger partial charge in [0.25, 0.3) is 0 Å². The highest BCUT2D eigenvalue weighted by molar-refractivity contribution is 6.19. The molecule has 0 aliphatic carbocycles. The first-order chi connectivity index (χ1) is 68.6. The fourth-order valence-electron chi connectivity index (χ4n) is 14.3. The van der Waals surface area contributed by atoms with Gasteiger partial charge in [0.1, 0.15) is 83.0 Å². The van der Waals surface area contributed by atoms with Crippen molar-refractivity contribution in [3.63, 3.8) is 0 Å². The lowest BCUT2D eigenvalue weighted by molar-refractivity contribution is 0.103. The van der Waals surface area contributed by atoms with Gasteiger partial charge in [-0.3, -0.25) is 33.9 Å². The molecule has 0 atom stereocenters. The van der Waals surface area contributed by atoms with Crippen molar-refractivity contribution >= 4 is 114 Å². The largest absolute Gasteiger partial charge is 0.493 e. The Hall–Kier alpha value is -17.7. The number of nitrogens with zero attached hydrogens (tertiary/aromatic N) is 2. The number of allylic oxidation sites excluding steroid dienone is 8. The summed E-state index contributed by atoms with van der Waals surface area (Å²) in [6.07, 6.45) is 27.5. The molecule has 0 radical (unpaired) electrons. The fraction of sp³-hybridized carbons (Fsp3) is 0.169. The van der Waals surface area contributed by atoms with Crippen LogP contribution in [-0.2, 0) is 0 Å². The minimum Gasteiger partial charge on any atom is -0.493 e. The number of methoxy groups -OCH3 is 3. The van der Waals surface area contributed by atoms with Crippen LogP contribution in [0.15, 0.2) is 349 Å². The smallest absolute Gasteiger partial charge is 0.336 e. The van der Waals surface area contributed by atoms with Crippen LogP contribution in [0.25, 0.3) is 85.2 Å². The molecule has 143 heavy (non-hydrogen) atoms. The highest BCUT2D eigenvalue weighted by Crippen LogP contribution is 2.41. The van der Waals surface area contributed by atoms with Gasteiger partial charge in [0.2, 0.25) is 5.75 Å². The number of rotatable bonds is 32. The number of hydrogen-bond donors (Lipinski definition) is 0. The standard InChI is InChI=1S/C27H28O7.C24H22O4.C23H20O4.2C22H19NO4/c1-16(2)11-12-33-21-10-8-19-17(3)13-24(29)34-26(19)25(21)20(28)9-7-18-14-22(30-4)27(32-6)23(15-18)31-5;1-16(2)13-14-27-21-12-10-19-17(3)15-22(26)28-24(19)23(21)20(25)11-9-18-7-5-4-6-8-18;1-15(2)14-26-20-12-10-18-16(3)13-21(25)27-23(18)22(20)19(24)11-9-17-7-5-4-6-8-17;2*1-14(2)13-26-19-9-7-17-15(3)11-20(25)27-22(17)21(19)18(24)8-6-16-5-4-10-23-12-16/h7-11,13-15H,12H2,1-6H3;4-13,15H,14H2,1-3H3;4-13H,1,14H2,2-3H3;4-13H,1-3H3;4-12H,1,13H2,2-3H3/b9-7+;2*11-9+;;8-6+. The monoisotopic (exact) mass is 1920 g/mol. The maximum absolute atomic E-state index is 13.4. The van der Waals surface area contributed by atoms with Gasteiger partial charge in [-0.1, -0.05) is 115 Å². The number of benzene rings is 8. The summed E-state index contributed by atoms with van der Waals surface area (Å²) >= 11 is 0. The van der Waals surface area contributed by atoms with E-state index < -0.39 is 28.1 Å². The number of hydrogen-bond acceptors (Lipinski definition) is 25. The molecule has 0 unspecified atom stereocenters. The molecule has 0 bridgehead atoms. The molecule has 8 aromatic carbocycles. The van der Waals surface area contributed by atoms with Crippen molar-refractivity contribution in [2.45, 2.75) is 90.0 Å². The Kier molecular flexibility index (Phi) is 37.4. The first-order valence-electron chi connectivity index (χ1n) is 45.2. The number of ether oxygens (including phenoxy) is 8. The van der Waals surface area contributed by atoms with E-state index in [0.29, 0.717) is 90.7 Å². The molecule has 25 nitrogen and oxygen atoms in total. The minimum absolute atomic E-state index is 0.184. The second kappa shape index (κ2) is 50.5. The highest BCUT2D eigenvalue weighted by atomic mass is 16.5. The van der Waals surface area contributed by atoms with Crippen molar-refractivity contribution in [1.29, 1.82) is 0 Å². The van der Waals surface area contributed by atoms with Gasteiger partial charge in [0.05, 0.1) is 27.6 Å². The summed E-state index contributed by atoms with van der Waals surface area (Å²) in [4.78, 5) is 133. The Bertz CT molecular complexity index is 7680. The van der Waals surface area contributed by atoms with Crippen LogP contribution in [0.4, 0.5) is 0 Å². The highest BCUT2D eigenvalue weighted by Gasteiger charge is 2.26. The number of aromatic nitrogens is 2. The molecular formula is C118H108N2O23. The van der Waals surface area contributed by atoms with E-state index in [1.165, 1.54) is 82.0 Å². The average Bonchev–Trinajstić information content (AvgIpc) is 0.790. The second-order valence-electron chi connectivity index (χ2n) is 33.6. The molecule has 0 saturated carbocycles. The van der Waals surface area contributed by atoms with E-state index in [2.05, 4.69) is 23.1 Å². The van der Waals surface area contributed by atoms with Gasteiger partial charge in [-0.2, -0.15) is 0 Å². The Balaban J connectivity index is 0.000000171. The van der Waals surface area contributed by atoms with Gasteiger partial charge < -0.3 is 60.0 Å². The van der Waals surface area contributed by atoms with Crippen molar-refractivity contribution in [2.24, 2.45) is 0 Å². The summed E-state index contributed by atoms with van der Waals surface area (Å²) in [5.74, 6) is 1.55. The van der Waals surface area contributed by atoms with E-state index in [-0.39, 0.29) is 104 Å². The zero-order valence-electron chi connectivity index (χ0n) is 82.2. The molecule has 0 aliphatic rings.